The van der Waals surface area contributed by atoms with Crippen LogP contribution < -0.4 is 10.2 Å². The Morgan fingerprint density at radius 3 is 2.84 bits per heavy atom. The lowest BCUT2D eigenvalue weighted by Gasteiger charge is -2.20. The molecule has 0 bridgehead atoms. The Labute approximate surface area is 184 Å². The first-order chi connectivity index (χ1) is 15.0. The van der Waals surface area contributed by atoms with Gasteiger partial charge < -0.3 is 15.2 Å². The molecule has 9 heteroatoms. The number of rotatable bonds is 7. The molecular formula is C22H25N7OS. The molecule has 0 unspecified atom stereocenters. The topological polar surface area (TPSA) is 99.7 Å². The highest BCUT2D eigenvalue weighted by atomic mass is 32.1. The molecule has 0 saturated carbocycles. The summed E-state index contributed by atoms with van der Waals surface area (Å²) in [4.78, 5) is 28.1. The molecule has 0 aliphatic carbocycles. The minimum Gasteiger partial charge on any atom is -0.363 e. The highest BCUT2D eigenvalue weighted by molar-refractivity contribution is 7.08. The van der Waals surface area contributed by atoms with Crippen LogP contribution in [0.4, 0.5) is 5.82 Å². The van der Waals surface area contributed by atoms with Crippen LogP contribution in [-0.4, -0.2) is 44.5 Å². The number of carbonyl (C=O) groups is 1. The van der Waals surface area contributed by atoms with E-state index in [1.54, 1.807) is 0 Å². The zero-order valence-corrected chi connectivity index (χ0v) is 18.8. The lowest BCUT2D eigenvalue weighted by atomic mass is 10.0. The molecule has 3 aromatic heterocycles. The fraction of sp³-hybridized carbons (Fsp3) is 0.318. The predicted octanol–water partition coefficient (Wildman–Crippen LogP) is 3.46. The summed E-state index contributed by atoms with van der Waals surface area (Å²) in [5, 5.41) is 8.38. The number of aryl methyl sites for hydroxylation is 2. The summed E-state index contributed by atoms with van der Waals surface area (Å²) < 4.78 is 3.96. The molecule has 4 rings (SSSR count). The van der Waals surface area contributed by atoms with Crippen LogP contribution in [0.1, 0.15) is 45.4 Å². The number of benzene rings is 1. The van der Waals surface area contributed by atoms with E-state index in [9.17, 15) is 4.79 Å². The zero-order valence-electron chi connectivity index (χ0n) is 18.0. The minimum atomic E-state index is -0.334. The summed E-state index contributed by atoms with van der Waals surface area (Å²) in [5.74, 6) is 1.28. The van der Waals surface area contributed by atoms with Gasteiger partial charge in [0.05, 0.1) is 17.4 Å². The average molecular weight is 436 g/mol. The Kier molecular flexibility index (Phi) is 5.94. The normalized spacial score (nSPS) is 12.1. The van der Waals surface area contributed by atoms with Crippen LogP contribution >= 0.6 is 11.5 Å². The van der Waals surface area contributed by atoms with Gasteiger partial charge in [0, 0.05) is 43.7 Å². The maximum atomic E-state index is 13.1. The molecule has 8 nitrogen and oxygen atoms in total. The van der Waals surface area contributed by atoms with Gasteiger partial charge in [-0.3, -0.25) is 4.79 Å². The molecule has 3 heterocycles. The maximum absolute atomic E-state index is 13.1. The number of amides is 1. The number of aromatic amines is 1. The maximum Gasteiger partial charge on any atom is 0.265 e. The van der Waals surface area contributed by atoms with Crippen molar-refractivity contribution < 1.29 is 4.79 Å². The van der Waals surface area contributed by atoms with Gasteiger partial charge in [0.2, 0.25) is 0 Å². The van der Waals surface area contributed by atoms with Crippen molar-refractivity contribution in [3.63, 3.8) is 0 Å². The molecule has 31 heavy (non-hydrogen) atoms. The summed E-state index contributed by atoms with van der Waals surface area (Å²) in [6, 6.07) is 9.74. The molecule has 0 fully saturated rings. The van der Waals surface area contributed by atoms with Crippen LogP contribution in [0.3, 0.4) is 0 Å². The molecule has 1 atom stereocenters. The van der Waals surface area contributed by atoms with Gasteiger partial charge in [-0.1, -0.05) is 29.6 Å². The highest BCUT2D eigenvalue weighted by Crippen LogP contribution is 2.26. The Hall–Kier alpha value is -3.33. The molecule has 0 aliphatic rings. The Balaban J connectivity index is 1.72. The van der Waals surface area contributed by atoms with Crippen LogP contribution in [-0.2, 0) is 12.8 Å². The number of nitrogens with one attached hydrogen (secondary N) is 2. The van der Waals surface area contributed by atoms with Crippen LogP contribution in [0.5, 0.6) is 0 Å². The summed E-state index contributed by atoms with van der Waals surface area (Å²) in [6.45, 7) is 3.83. The second-order valence-electron chi connectivity index (χ2n) is 7.58. The second kappa shape index (κ2) is 8.81. The number of hydrogen-bond donors (Lipinski definition) is 2. The second-order valence-corrected chi connectivity index (χ2v) is 8.34. The Morgan fingerprint density at radius 2 is 2.06 bits per heavy atom. The molecule has 0 aliphatic heterocycles. The van der Waals surface area contributed by atoms with Crippen molar-refractivity contribution in [3.8, 4) is 0 Å². The van der Waals surface area contributed by atoms with Crippen molar-refractivity contribution in [1.82, 2.24) is 29.9 Å². The molecule has 0 saturated heterocycles. The van der Waals surface area contributed by atoms with Crippen molar-refractivity contribution in [2.75, 3.05) is 19.0 Å². The number of hydrogen-bond acceptors (Lipinski definition) is 7. The molecule has 0 radical (unpaired) electrons. The number of aromatic nitrogens is 5. The van der Waals surface area contributed by atoms with Gasteiger partial charge in [-0.05, 0) is 36.5 Å². The van der Waals surface area contributed by atoms with E-state index in [1.165, 1.54) is 0 Å². The summed E-state index contributed by atoms with van der Waals surface area (Å²) in [5.41, 5.74) is 3.66. The van der Waals surface area contributed by atoms with Crippen LogP contribution in [0.2, 0.25) is 0 Å². The fourth-order valence-corrected chi connectivity index (χ4v) is 4.22. The van der Waals surface area contributed by atoms with E-state index in [4.69, 9.17) is 0 Å². The number of fused-ring (bicyclic) bond motifs is 1. The van der Waals surface area contributed by atoms with Crippen molar-refractivity contribution in [2.24, 2.45) is 0 Å². The average Bonchev–Trinajstić information content (AvgIpc) is 3.40. The van der Waals surface area contributed by atoms with Crippen LogP contribution in [0.15, 0.2) is 36.5 Å². The molecule has 2 N–H and O–H groups in total. The lowest BCUT2D eigenvalue weighted by molar-refractivity contribution is 0.0938. The minimum absolute atomic E-state index is 0.181. The van der Waals surface area contributed by atoms with Crippen molar-refractivity contribution in [2.45, 2.75) is 32.7 Å². The number of anilines is 1. The van der Waals surface area contributed by atoms with Gasteiger partial charge in [-0.15, -0.1) is 5.10 Å². The number of carbonyl (C=O) groups excluding carboxylic acids is 1. The third-order valence-corrected chi connectivity index (χ3v) is 5.93. The molecule has 0 spiro atoms. The predicted molar refractivity (Wildman–Crippen MR) is 123 cm³/mol. The van der Waals surface area contributed by atoms with E-state index < -0.39 is 0 Å². The van der Waals surface area contributed by atoms with Crippen molar-refractivity contribution >= 4 is 34.2 Å². The number of H-pyrrole nitrogens is 1. The van der Waals surface area contributed by atoms with Crippen LogP contribution in [0, 0.1) is 6.92 Å². The standard InChI is InChI=1S/C22H25N7OS/c1-5-16-21(31-28-27-16)22(30)26-18(19-11-20(29(3)4)25-13(2)24-19)10-14-12-23-17-9-7-6-8-15(14)17/h6-9,11-12,18,23H,5,10H2,1-4H3,(H,26,30)/t18-/m1/s1. The van der Waals surface area contributed by atoms with Gasteiger partial charge in [0.25, 0.3) is 5.91 Å². The third-order valence-electron chi connectivity index (χ3n) is 5.16. The van der Waals surface area contributed by atoms with Gasteiger partial charge in [0.15, 0.2) is 0 Å². The molecule has 4 aromatic rings. The largest absolute Gasteiger partial charge is 0.363 e. The SMILES string of the molecule is CCc1nnsc1C(=O)N[C@H](Cc1c[nH]c2ccccc12)c1cc(N(C)C)nc(C)n1. The van der Waals surface area contributed by atoms with Crippen LogP contribution in [0.25, 0.3) is 10.9 Å². The summed E-state index contributed by atoms with van der Waals surface area (Å²) in [7, 11) is 3.88. The van der Waals surface area contributed by atoms with Gasteiger partial charge in [-0.25, -0.2) is 9.97 Å². The molecule has 1 aromatic carbocycles. The summed E-state index contributed by atoms with van der Waals surface area (Å²) >= 11 is 1.12. The quantitative estimate of drug-likeness (QED) is 0.461. The molecular weight excluding hydrogens is 410 g/mol. The first-order valence-corrected chi connectivity index (χ1v) is 10.9. The molecule has 160 valence electrons. The van der Waals surface area contributed by atoms with E-state index in [1.807, 2.05) is 63.3 Å². The highest BCUT2D eigenvalue weighted by Gasteiger charge is 2.23. The Morgan fingerprint density at radius 1 is 1.26 bits per heavy atom. The van der Waals surface area contributed by atoms with Crippen molar-refractivity contribution in [3.05, 3.63) is 64.2 Å². The fourth-order valence-electron chi connectivity index (χ4n) is 3.57. The van der Waals surface area contributed by atoms with E-state index in [2.05, 4.69) is 35.9 Å². The number of para-hydroxylation sites is 1. The third kappa shape index (κ3) is 4.41. The number of nitrogens with zero attached hydrogens (tertiary/aromatic N) is 5. The summed E-state index contributed by atoms with van der Waals surface area (Å²) in [6.07, 6.45) is 3.24. The van der Waals surface area contributed by atoms with Gasteiger partial charge in [0.1, 0.15) is 16.5 Å². The first kappa shape index (κ1) is 20.9. The zero-order chi connectivity index (χ0) is 22.0. The Bertz CT molecular complexity index is 1210. The smallest absolute Gasteiger partial charge is 0.265 e. The van der Waals surface area contributed by atoms with E-state index in [0.717, 1.165) is 39.5 Å². The monoisotopic (exact) mass is 435 g/mol. The lowest BCUT2D eigenvalue weighted by Crippen LogP contribution is -2.31. The first-order valence-electron chi connectivity index (χ1n) is 10.2. The van der Waals surface area contributed by atoms with Crippen molar-refractivity contribution in [1.29, 1.82) is 0 Å². The van der Waals surface area contributed by atoms with E-state index in [0.29, 0.717) is 29.2 Å². The molecule has 1 amide bonds. The van der Waals surface area contributed by atoms with E-state index >= 15 is 0 Å². The van der Waals surface area contributed by atoms with Gasteiger partial charge >= 0.3 is 0 Å². The van der Waals surface area contributed by atoms with Gasteiger partial charge in [-0.2, -0.15) is 0 Å². The van der Waals surface area contributed by atoms with E-state index in [-0.39, 0.29) is 11.9 Å².